The van der Waals surface area contributed by atoms with E-state index >= 15 is 0 Å². The number of rotatable bonds is 6. The summed E-state index contributed by atoms with van der Waals surface area (Å²) in [5.74, 6) is -0.268. The van der Waals surface area contributed by atoms with Gasteiger partial charge in [-0.3, -0.25) is 5.32 Å². The van der Waals surface area contributed by atoms with Crippen molar-refractivity contribution in [1.82, 2.24) is 5.32 Å². The molecule has 0 aliphatic carbocycles. The van der Waals surface area contributed by atoms with Gasteiger partial charge in [-0.25, -0.2) is 4.79 Å². The lowest BCUT2D eigenvalue weighted by atomic mass is 9.90. The third-order valence-electron chi connectivity index (χ3n) is 3.70. The van der Waals surface area contributed by atoms with Crippen molar-refractivity contribution in [3.05, 3.63) is 29.8 Å². The molecule has 0 saturated carbocycles. The zero-order valence-corrected chi connectivity index (χ0v) is 13.4. The van der Waals surface area contributed by atoms with E-state index in [-0.39, 0.29) is 12.0 Å². The molecule has 0 fully saturated rings. The number of hydrogen-bond donors (Lipinski definition) is 1. The second-order valence-corrected chi connectivity index (χ2v) is 5.51. The second kappa shape index (κ2) is 6.75. The Morgan fingerprint density at radius 3 is 2.30 bits per heavy atom. The molecule has 0 saturated heterocycles. The molecule has 4 heteroatoms. The number of carbonyl (C=O) groups is 1. The van der Waals surface area contributed by atoms with Crippen molar-refractivity contribution >= 4 is 11.7 Å². The van der Waals surface area contributed by atoms with Crippen molar-refractivity contribution in [2.75, 3.05) is 26.1 Å². The van der Waals surface area contributed by atoms with Crippen LogP contribution < -0.4 is 10.2 Å². The highest BCUT2D eigenvalue weighted by atomic mass is 16.5. The summed E-state index contributed by atoms with van der Waals surface area (Å²) in [6.07, 6.45) is 0.947. The molecule has 0 bridgehead atoms. The van der Waals surface area contributed by atoms with Gasteiger partial charge >= 0.3 is 5.97 Å². The molecule has 112 valence electrons. The Bertz CT molecular complexity index is 442. The molecule has 0 aliphatic rings. The van der Waals surface area contributed by atoms with Gasteiger partial charge in [0.15, 0.2) is 0 Å². The number of benzene rings is 1. The van der Waals surface area contributed by atoms with Crippen LogP contribution in [0.15, 0.2) is 24.3 Å². The highest BCUT2D eigenvalue weighted by molar-refractivity contribution is 5.82. The van der Waals surface area contributed by atoms with E-state index in [1.807, 2.05) is 50.2 Å². The van der Waals surface area contributed by atoms with Crippen molar-refractivity contribution in [3.63, 3.8) is 0 Å². The summed E-state index contributed by atoms with van der Waals surface area (Å²) < 4.78 is 4.98. The number of esters is 1. The summed E-state index contributed by atoms with van der Waals surface area (Å²) in [6.45, 7) is 6.02. The average molecular weight is 278 g/mol. The number of methoxy groups -OCH3 is 1. The Labute approximate surface area is 122 Å². The Morgan fingerprint density at radius 2 is 1.90 bits per heavy atom. The zero-order valence-electron chi connectivity index (χ0n) is 13.4. The smallest absolute Gasteiger partial charge is 0.330 e. The van der Waals surface area contributed by atoms with E-state index in [4.69, 9.17) is 4.74 Å². The maximum absolute atomic E-state index is 12.2. The van der Waals surface area contributed by atoms with Crippen LogP contribution in [0.4, 0.5) is 5.69 Å². The maximum Gasteiger partial charge on any atom is 0.330 e. The predicted octanol–water partition coefficient (Wildman–Crippen LogP) is 2.53. The average Bonchev–Trinajstić information content (AvgIpc) is 2.45. The van der Waals surface area contributed by atoms with Crippen molar-refractivity contribution in [1.29, 1.82) is 0 Å². The standard InChI is InChI=1S/C16H26N2O2/c1-7-12(2)17-16(3,15(19)20-6)13-8-10-14(11-9-13)18(4)5/h8-12,17H,7H2,1-6H3. The summed E-state index contributed by atoms with van der Waals surface area (Å²) in [5, 5.41) is 3.37. The van der Waals surface area contributed by atoms with Crippen molar-refractivity contribution in [2.24, 2.45) is 0 Å². The molecular formula is C16H26N2O2. The predicted molar refractivity (Wildman–Crippen MR) is 83.0 cm³/mol. The fraction of sp³-hybridized carbons (Fsp3) is 0.562. The highest BCUT2D eigenvalue weighted by Crippen LogP contribution is 2.25. The van der Waals surface area contributed by atoms with E-state index in [2.05, 4.69) is 19.2 Å². The molecule has 0 spiro atoms. The topological polar surface area (TPSA) is 41.6 Å². The molecule has 1 N–H and O–H groups in total. The van der Waals surface area contributed by atoms with Gasteiger partial charge in [0.2, 0.25) is 0 Å². The number of carbonyl (C=O) groups excluding carboxylic acids is 1. The van der Waals surface area contributed by atoms with E-state index in [0.29, 0.717) is 0 Å². The first-order valence-corrected chi connectivity index (χ1v) is 6.99. The molecule has 0 aliphatic heterocycles. The van der Waals surface area contributed by atoms with Gasteiger partial charge in [-0.1, -0.05) is 19.1 Å². The van der Waals surface area contributed by atoms with Crippen LogP contribution in [0, 0.1) is 0 Å². The molecular weight excluding hydrogens is 252 g/mol. The molecule has 1 aromatic rings. The first-order valence-electron chi connectivity index (χ1n) is 6.99. The number of ether oxygens (including phenoxy) is 1. The minimum Gasteiger partial charge on any atom is -0.467 e. The van der Waals surface area contributed by atoms with Gasteiger partial charge in [0.1, 0.15) is 5.54 Å². The molecule has 4 nitrogen and oxygen atoms in total. The van der Waals surface area contributed by atoms with Gasteiger partial charge in [-0.15, -0.1) is 0 Å². The Morgan fingerprint density at radius 1 is 1.35 bits per heavy atom. The lowest BCUT2D eigenvalue weighted by Gasteiger charge is -2.32. The van der Waals surface area contributed by atoms with Crippen LogP contribution in [0.1, 0.15) is 32.8 Å². The monoisotopic (exact) mass is 278 g/mol. The quantitative estimate of drug-likeness (QED) is 0.812. The van der Waals surface area contributed by atoms with Crippen LogP contribution in [0.3, 0.4) is 0 Å². The van der Waals surface area contributed by atoms with Crippen molar-refractivity contribution in [2.45, 2.75) is 38.8 Å². The van der Waals surface area contributed by atoms with E-state index in [9.17, 15) is 4.79 Å². The van der Waals surface area contributed by atoms with Gasteiger partial charge < -0.3 is 9.64 Å². The molecule has 0 radical (unpaired) electrons. The second-order valence-electron chi connectivity index (χ2n) is 5.51. The molecule has 1 rings (SSSR count). The summed E-state index contributed by atoms with van der Waals surface area (Å²) in [6, 6.07) is 8.19. The highest BCUT2D eigenvalue weighted by Gasteiger charge is 2.37. The SMILES string of the molecule is CCC(C)NC(C)(C(=O)OC)c1ccc(N(C)C)cc1. The fourth-order valence-corrected chi connectivity index (χ4v) is 2.15. The molecule has 20 heavy (non-hydrogen) atoms. The van der Waals surface area contributed by atoms with Crippen LogP contribution in [0.25, 0.3) is 0 Å². The van der Waals surface area contributed by atoms with Gasteiger partial charge in [-0.2, -0.15) is 0 Å². The van der Waals surface area contributed by atoms with Crippen LogP contribution >= 0.6 is 0 Å². The van der Waals surface area contributed by atoms with E-state index in [1.165, 1.54) is 7.11 Å². The fourth-order valence-electron chi connectivity index (χ4n) is 2.15. The van der Waals surface area contributed by atoms with Gasteiger partial charge in [-0.05, 0) is 38.0 Å². The third-order valence-corrected chi connectivity index (χ3v) is 3.70. The molecule has 2 unspecified atom stereocenters. The maximum atomic E-state index is 12.2. The van der Waals surface area contributed by atoms with Gasteiger partial charge in [0.05, 0.1) is 7.11 Å². The summed E-state index contributed by atoms with van der Waals surface area (Å²) in [7, 11) is 5.41. The van der Waals surface area contributed by atoms with E-state index in [1.54, 1.807) is 0 Å². The number of nitrogens with one attached hydrogen (secondary N) is 1. The van der Waals surface area contributed by atoms with Crippen molar-refractivity contribution in [3.8, 4) is 0 Å². The molecule has 0 heterocycles. The minimum absolute atomic E-state index is 0.229. The largest absolute Gasteiger partial charge is 0.467 e. The molecule has 1 aromatic carbocycles. The number of anilines is 1. The first kappa shape index (κ1) is 16.5. The number of nitrogens with zero attached hydrogens (tertiary/aromatic N) is 1. The van der Waals surface area contributed by atoms with E-state index in [0.717, 1.165) is 17.7 Å². The van der Waals surface area contributed by atoms with Gasteiger partial charge in [0.25, 0.3) is 0 Å². The first-order chi connectivity index (χ1) is 9.35. The molecule has 0 amide bonds. The normalized spacial score (nSPS) is 15.3. The van der Waals surface area contributed by atoms with E-state index < -0.39 is 5.54 Å². The van der Waals surface area contributed by atoms with Crippen LogP contribution in [-0.4, -0.2) is 33.2 Å². The zero-order chi connectivity index (χ0) is 15.3. The van der Waals surface area contributed by atoms with Crippen LogP contribution in [-0.2, 0) is 15.1 Å². The van der Waals surface area contributed by atoms with Crippen LogP contribution in [0.5, 0.6) is 0 Å². The Balaban J connectivity index is 3.13. The summed E-state index contributed by atoms with van der Waals surface area (Å²) in [5.41, 5.74) is 1.19. The minimum atomic E-state index is -0.824. The molecule has 2 atom stereocenters. The van der Waals surface area contributed by atoms with Crippen LogP contribution in [0.2, 0.25) is 0 Å². The molecule has 0 aromatic heterocycles. The third kappa shape index (κ3) is 3.51. The summed E-state index contributed by atoms with van der Waals surface area (Å²) >= 11 is 0. The lowest BCUT2D eigenvalue weighted by molar-refractivity contribution is -0.148. The Hall–Kier alpha value is -1.55. The summed E-state index contributed by atoms with van der Waals surface area (Å²) in [4.78, 5) is 14.2. The number of hydrogen-bond acceptors (Lipinski definition) is 4. The lowest BCUT2D eigenvalue weighted by Crippen LogP contribution is -2.51. The van der Waals surface area contributed by atoms with Gasteiger partial charge in [0, 0.05) is 25.8 Å². The van der Waals surface area contributed by atoms with Crippen molar-refractivity contribution < 1.29 is 9.53 Å². The Kier molecular flexibility index (Phi) is 5.57.